The fourth-order valence-corrected chi connectivity index (χ4v) is 1.62. The first kappa shape index (κ1) is 11.6. The molecule has 2 aromatic rings. The molecule has 87 valence electrons. The van der Waals surface area contributed by atoms with Crippen LogP contribution in [-0.4, -0.2) is 0 Å². The van der Waals surface area contributed by atoms with Crippen molar-refractivity contribution in [3.05, 3.63) is 59.2 Å². The summed E-state index contributed by atoms with van der Waals surface area (Å²) in [4.78, 5) is 0. The number of hydrogen-bond donors (Lipinski definition) is 0. The average molecular weight is 239 g/mol. The van der Waals surface area contributed by atoms with Crippen LogP contribution >= 0.6 is 0 Å². The number of benzene rings is 2. The van der Waals surface area contributed by atoms with Gasteiger partial charge in [0, 0.05) is 6.07 Å². The molecule has 0 aromatic heterocycles. The highest BCUT2D eigenvalue weighted by atomic mass is 19.1. The number of aryl methyl sites for hydroxylation is 1. The highest BCUT2D eigenvalue weighted by Gasteiger charge is 2.19. The van der Waals surface area contributed by atoms with Crippen LogP contribution in [0.3, 0.4) is 0 Å². The minimum atomic E-state index is -1.12. The standard InChI is InChI=1S/C13H7F4/c1-7-5-10(16)13(11(17)6-7)12-8(14)3-2-4-9(12)15/h2-3,5-6H,1H3. The van der Waals surface area contributed by atoms with Gasteiger partial charge in [-0.1, -0.05) is 0 Å². The molecule has 0 fully saturated rings. The van der Waals surface area contributed by atoms with Gasteiger partial charge >= 0.3 is 0 Å². The molecule has 0 saturated carbocycles. The fraction of sp³-hybridized carbons (Fsp3) is 0.0769. The van der Waals surface area contributed by atoms with Crippen molar-refractivity contribution < 1.29 is 17.6 Å². The molecule has 0 saturated heterocycles. The van der Waals surface area contributed by atoms with Crippen LogP contribution < -0.4 is 0 Å². The summed E-state index contributed by atoms with van der Waals surface area (Å²) in [6.07, 6.45) is 0. The lowest BCUT2D eigenvalue weighted by Gasteiger charge is -2.08. The molecule has 4 heteroatoms. The Hall–Kier alpha value is -1.84. The van der Waals surface area contributed by atoms with E-state index >= 15 is 0 Å². The predicted molar refractivity (Wildman–Crippen MR) is 55.3 cm³/mol. The first-order valence-corrected chi connectivity index (χ1v) is 4.82. The van der Waals surface area contributed by atoms with E-state index in [1.54, 1.807) is 0 Å². The Balaban J connectivity index is 2.77. The smallest absolute Gasteiger partial charge is 0.142 e. The van der Waals surface area contributed by atoms with Crippen molar-refractivity contribution >= 4 is 0 Å². The van der Waals surface area contributed by atoms with E-state index < -0.39 is 34.4 Å². The Kier molecular flexibility index (Phi) is 2.88. The zero-order chi connectivity index (χ0) is 12.6. The minimum Gasteiger partial charge on any atom is -0.206 e. The molecule has 0 amide bonds. The van der Waals surface area contributed by atoms with Crippen LogP contribution in [0.25, 0.3) is 11.1 Å². The van der Waals surface area contributed by atoms with E-state index in [0.29, 0.717) is 5.56 Å². The Morgan fingerprint density at radius 2 is 1.47 bits per heavy atom. The van der Waals surface area contributed by atoms with Gasteiger partial charge in [-0.2, -0.15) is 0 Å². The molecule has 0 aliphatic rings. The molecule has 0 aliphatic carbocycles. The van der Waals surface area contributed by atoms with Gasteiger partial charge in [-0.25, -0.2) is 17.6 Å². The van der Waals surface area contributed by atoms with Crippen molar-refractivity contribution in [3.8, 4) is 11.1 Å². The molecule has 0 atom stereocenters. The van der Waals surface area contributed by atoms with E-state index in [1.165, 1.54) is 6.92 Å². The summed E-state index contributed by atoms with van der Waals surface area (Å²) in [6.45, 7) is 1.49. The number of hydrogen-bond acceptors (Lipinski definition) is 0. The predicted octanol–water partition coefficient (Wildman–Crippen LogP) is 4.02. The van der Waals surface area contributed by atoms with Crippen molar-refractivity contribution in [3.63, 3.8) is 0 Å². The third-order valence-electron chi connectivity index (χ3n) is 2.33. The van der Waals surface area contributed by atoms with Gasteiger partial charge in [0.05, 0.1) is 11.1 Å². The molecule has 0 aliphatic heterocycles. The highest BCUT2D eigenvalue weighted by molar-refractivity contribution is 5.66. The van der Waals surface area contributed by atoms with E-state index in [4.69, 9.17) is 0 Å². The SMILES string of the molecule is Cc1cc(F)c(-c2c(F)[c]ccc2F)c(F)c1. The molecule has 0 bridgehead atoms. The van der Waals surface area contributed by atoms with Crippen LogP contribution in [-0.2, 0) is 0 Å². The number of halogens is 4. The van der Waals surface area contributed by atoms with Gasteiger partial charge < -0.3 is 0 Å². The molecular weight excluding hydrogens is 232 g/mol. The lowest BCUT2D eigenvalue weighted by Crippen LogP contribution is -1.97. The van der Waals surface area contributed by atoms with Gasteiger partial charge in [0.2, 0.25) is 0 Å². The van der Waals surface area contributed by atoms with Gasteiger partial charge in [0.25, 0.3) is 0 Å². The quantitative estimate of drug-likeness (QED) is 0.659. The fourth-order valence-electron chi connectivity index (χ4n) is 1.62. The second kappa shape index (κ2) is 4.20. The van der Waals surface area contributed by atoms with E-state index in [0.717, 1.165) is 24.3 Å². The second-order valence-corrected chi connectivity index (χ2v) is 3.62. The van der Waals surface area contributed by atoms with Crippen LogP contribution in [0, 0.1) is 36.3 Å². The van der Waals surface area contributed by atoms with E-state index in [2.05, 4.69) is 6.07 Å². The Bertz CT molecular complexity index is 532. The van der Waals surface area contributed by atoms with Crippen molar-refractivity contribution in [2.24, 2.45) is 0 Å². The summed E-state index contributed by atoms with van der Waals surface area (Å²) in [6, 6.07) is 6.02. The van der Waals surface area contributed by atoms with E-state index in [9.17, 15) is 17.6 Å². The largest absolute Gasteiger partial charge is 0.206 e. The maximum atomic E-state index is 13.6. The van der Waals surface area contributed by atoms with Crippen molar-refractivity contribution in [1.82, 2.24) is 0 Å². The molecule has 2 aromatic carbocycles. The Morgan fingerprint density at radius 1 is 0.882 bits per heavy atom. The Labute approximate surface area is 95.5 Å². The van der Waals surface area contributed by atoms with Gasteiger partial charge in [-0.15, -0.1) is 0 Å². The molecule has 0 heterocycles. The molecule has 0 nitrogen and oxygen atoms in total. The van der Waals surface area contributed by atoms with Crippen LogP contribution in [0.2, 0.25) is 0 Å². The molecular formula is C13H7F4. The lowest BCUT2D eigenvalue weighted by molar-refractivity contribution is 0.562. The normalized spacial score (nSPS) is 10.6. The first-order chi connectivity index (χ1) is 8.00. The summed E-state index contributed by atoms with van der Waals surface area (Å²) in [5.74, 6) is -4.14. The molecule has 1 radical (unpaired) electrons. The first-order valence-electron chi connectivity index (χ1n) is 4.82. The van der Waals surface area contributed by atoms with Gasteiger partial charge in [-0.3, -0.25) is 0 Å². The van der Waals surface area contributed by atoms with Crippen molar-refractivity contribution in [1.29, 1.82) is 0 Å². The van der Waals surface area contributed by atoms with Crippen molar-refractivity contribution in [2.45, 2.75) is 6.92 Å². The summed E-state index contributed by atoms with van der Waals surface area (Å²) < 4.78 is 53.9. The van der Waals surface area contributed by atoms with Gasteiger partial charge in [0.15, 0.2) is 0 Å². The Morgan fingerprint density at radius 3 is 2.00 bits per heavy atom. The number of rotatable bonds is 1. The summed E-state index contributed by atoms with van der Waals surface area (Å²) in [5.41, 5.74) is -1.10. The summed E-state index contributed by atoms with van der Waals surface area (Å²) in [5, 5.41) is 0. The third-order valence-corrected chi connectivity index (χ3v) is 2.33. The minimum absolute atomic E-state index is 0.337. The third kappa shape index (κ3) is 2.02. The topological polar surface area (TPSA) is 0 Å². The van der Waals surface area contributed by atoms with Crippen LogP contribution in [0.5, 0.6) is 0 Å². The van der Waals surface area contributed by atoms with Crippen LogP contribution in [0.15, 0.2) is 24.3 Å². The molecule has 0 unspecified atom stereocenters. The molecule has 2 rings (SSSR count). The highest BCUT2D eigenvalue weighted by Crippen LogP contribution is 2.31. The summed E-state index contributed by atoms with van der Waals surface area (Å²) in [7, 11) is 0. The monoisotopic (exact) mass is 239 g/mol. The maximum absolute atomic E-state index is 13.6. The lowest BCUT2D eigenvalue weighted by atomic mass is 10.0. The van der Waals surface area contributed by atoms with Crippen LogP contribution in [0.1, 0.15) is 5.56 Å². The average Bonchev–Trinajstić information content (AvgIpc) is 2.21. The maximum Gasteiger partial charge on any atom is 0.142 e. The van der Waals surface area contributed by atoms with E-state index in [1.807, 2.05) is 0 Å². The summed E-state index contributed by atoms with van der Waals surface area (Å²) >= 11 is 0. The second-order valence-electron chi connectivity index (χ2n) is 3.62. The van der Waals surface area contributed by atoms with Gasteiger partial charge in [0.1, 0.15) is 23.3 Å². The molecule has 0 spiro atoms. The van der Waals surface area contributed by atoms with E-state index in [-0.39, 0.29) is 0 Å². The molecule has 0 N–H and O–H groups in total. The zero-order valence-corrected chi connectivity index (χ0v) is 8.82. The molecule has 17 heavy (non-hydrogen) atoms. The van der Waals surface area contributed by atoms with Crippen molar-refractivity contribution in [2.75, 3.05) is 0 Å². The van der Waals surface area contributed by atoms with Gasteiger partial charge in [-0.05, 0) is 36.8 Å². The van der Waals surface area contributed by atoms with Crippen LogP contribution in [0.4, 0.5) is 17.6 Å². The zero-order valence-electron chi connectivity index (χ0n) is 8.82.